The number of hydrogen-bond donors (Lipinski definition) is 1. The molecule has 0 spiro atoms. The summed E-state index contributed by atoms with van der Waals surface area (Å²) in [5, 5.41) is 1.27. The van der Waals surface area contributed by atoms with E-state index in [-0.39, 0.29) is 5.97 Å². The van der Waals surface area contributed by atoms with Gasteiger partial charge < -0.3 is 14.6 Å². The number of piperidine rings is 3. The van der Waals surface area contributed by atoms with Gasteiger partial charge >= 0.3 is 5.97 Å². The Kier molecular flexibility index (Phi) is 3.85. The third kappa shape index (κ3) is 2.65. The maximum atomic E-state index is 11.6. The largest absolute Gasteiger partial charge is 0.469 e. The summed E-state index contributed by atoms with van der Waals surface area (Å²) in [6, 6.07) is 8.46. The fourth-order valence-electron chi connectivity index (χ4n) is 4.43. The number of ether oxygens (including phenoxy) is 1. The second-order valence-corrected chi connectivity index (χ2v) is 6.88. The minimum atomic E-state index is -0.129. The van der Waals surface area contributed by atoms with E-state index in [9.17, 15) is 4.79 Å². The number of fused-ring (bicyclic) bond motifs is 4. The molecule has 122 valence electrons. The van der Waals surface area contributed by atoms with Gasteiger partial charge in [-0.2, -0.15) is 0 Å². The van der Waals surface area contributed by atoms with Crippen molar-refractivity contribution in [1.29, 1.82) is 0 Å². The minimum Gasteiger partial charge on any atom is -0.469 e. The number of methoxy groups -OCH3 is 1. The van der Waals surface area contributed by atoms with Gasteiger partial charge in [0.15, 0.2) is 0 Å². The van der Waals surface area contributed by atoms with Gasteiger partial charge in [-0.25, -0.2) is 0 Å². The van der Waals surface area contributed by atoms with Crippen LogP contribution in [0.1, 0.15) is 36.4 Å². The number of aryl methyl sites for hydroxylation is 1. The van der Waals surface area contributed by atoms with E-state index in [1.807, 2.05) is 0 Å². The Bertz CT molecular complexity index is 713. The van der Waals surface area contributed by atoms with Crippen LogP contribution in [-0.2, 0) is 16.0 Å². The van der Waals surface area contributed by atoms with Crippen molar-refractivity contribution >= 4 is 16.9 Å². The van der Waals surface area contributed by atoms with E-state index in [2.05, 4.69) is 34.1 Å². The smallest absolute Gasteiger partial charge is 0.305 e. The quantitative estimate of drug-likeness (QED) is 0.883. The highest BCUT2D eigenvalue weighted by atomic mass is 16.5. The van der Waals surface area contributed by atoms with E-state index in [0.717, 1.165) is 18.9 Å². The van der Waals surface area contributed by atoms with Crippen LogP contribution < -0.4 is 0 Å². The Labute approximate surface area is 136 Å². The van der Waals surface area contributed by atoms with Crippen LogP contribution in [0.5, 0.6) is 0 Å². The number of H-pyrrole nitrogens is 1. The number of carbonyl (C=O) groups is 1. The van der Waals surface area contributed by atoms with Crippen LogP contribution in [0.4, 0.5) is 0 Å². The highest BCUT2D eigenvalue weighted by molar-refractivity contribution is 5.85. The Hall–Kier alpha value is -1.81. The average Bonchev–Trinajstić information content (AvgIpc) is 2.99. The lowest BCUT2D eigenvalue weighted by atomic mass is 9.76. The number of nitrogens with zero attached hydrogens (tertiary/aromatic N) is 1. The molecule has 2 aromatic rings. The zero-order chi connectivity index (χ0) is 15.8. The summed E-state index contributed by atoms with van der Waals surface area (Å²) in [4.78, 5) is 17.9. The predicted molar refractivity (Wildman–Crippen MR) is 90.5 cm³/mol. The minimum absolute atomic E-state index is 0.129. The molecule has 5 rings (SSSR count). The monoisotopic (exact) mass is 312 g/mol. The maximum absolute atomic E-state index is 11.6. The van der Waals surface area contributed by atoms with Gasteiger partial charge in [0.05, 0.1) is 7.11 Å². The molecule has 3 saturated heterocycles. The average molecular weight is 312 g/mol. The molecule has 1 aromatic heterocycles. The highest BCUT2D eigenvalue weighted by Crippen LogP contribution is 2.41. The summed E-state index contributed by atoms with van der Waals surface area (Å²) in [5.74, 6) is 1.23. The summed E-state index contributed by atoms with van der Waals surface area (Å²) in [6.45, 7) is 3.65. The van der Waals surface area contributed by atoms with E-state index in [0.29, 0.717) is 12.3 Å². The molecule has 23 heavy (non-hydrogen) atoms. The van der Waals surface area contributed by atoms with Gasteiger partial charge in [0.2, 0.25) is 0 Å². The van der Waals surface area contributed by atoms with E-state index in [1.165, 1.54) is 55.2 Å². The first-order valence-electron chi connectivity index (χ1n) is 8.65. The lowest BCUT2D eigenvalue weighted by Gasteiger charge is -2.45. The SMILES string of the molecule is COC(=O)CCc1c(C2CN3CCC2CC3)[nH]c2ccccc12. The van der Waals surface area contributed by atoms with E-state index in [1.54, 1.807) is 0 Å². The Balaban J connectivity index is 1.71. The number of carbonyl (C=O) groups excluding carboxylic acids is 1. The van der Waals surface area contributed by atoms with Crippen LogP contribution >= 0.6 is 0 Å². The van der Waals surface area contributed by atoms with Crippen molar-refractivity contribution in [2.45, 2.75) is 31.6 Å². The van der Waals surface area contributed by atoms with Crippen molar-refractivity contribution in [3.05, 3.63) is 35.5 Å². The van der Waals surface area contributed by atoms with Gasteiger partial charge in [0.1, 0.15) is 0 Å². The number of nitrogens with one attached hydrogen (secondary N) is 1. The summed E-state index contributed by atoms with van der Waals surface area (Å²) in [5.41, 5.74) is 3.88. The fraction of sp³-hybridized carbons (Fsp3) is 0.526. The van der Waals surface area contributed by atoms with Crippen molar-refractivity contribution in [2.75, 3.05) is 26.7 Å². The first-order chi connectivity index (χ1) is 11.3. The Morgan fingerprint density at radius 1 is 1.30 bits per heavy atom. The number of esters is 1. The van der Waals surface area contributed by atoms with Gasteiger partial charge in [0.25, 0.3) is 0 Å². The molecule has 3 aliphatic heterocycles. The molecule has 4 heterocycles. The first kappa shape index (κ1) is 14.8. The van der Waals surface area contributed by atoms with Crippen LogP contribution in [0.15, 0.2) is 24.3 Å². The second-order valence-electron chi connectivity index (χ2n) is 6.88. The normalized spacial score (nSPS) is 26.6. The lowest BCUT2D eigenvalue weighted by molar-refractivity contribution is -0.140. The van der Waals surface area contributed by atoms with Gasteiger partial charge in [-0.1, -0.05) is 18.2 Å². The third-order valence-electron chi connectivity index (χ3n) is 5.68. The van der Waals surface area contributed by atoms with Gasteiger partial charge in [-0.15, -0.1) is 0 Å². The van der Waals surface area contributed by atoms with Crippen molar-refractivity contribution < 1.29 is 9.53 Å². The molecule has 4 nitrogen and oxygen atoms in total. The van der Waals surface area contributed by atoms with Crippen molar-refractivity contribution in [2.24, 2.45) is 5.92 Å². The Morgan fingerprint density at radius 3 is 2.78 bits per heavy atom. The molecule has 3 fully saturated rings. The summed E-state index contributed by atoms with van der Waals surface area (Å²) >= 11 is 0. The molecule has 4 heteroatoms. The number of hydrogen-bond acceptors (Lipinski definition) is 3. The van der Waals surface area contributed by atoms with Crippen molar-refractivity contribution in [3.63, 3.8) is 0 Å². The molecule has 0 radical (unpaired) electrons. The summed E-state index contributed by atoms with van der Waals surface area (Å²) in [7, 11) is 1.46. The van der Waals surface area contributed by atoms with Crippen molar-refractivity contribution in [3.8, 4) is 0 Å². The predicted octanol–water partition coefficient (Wildman–Crippen LogP) is 3.08. The molecule has 1 atom stereocenters. The van der Waals surface area contributed by atoms with Gasteiger partial charge in [-0.05, 0) is 49.9 Å². The van der Waals surface area contributed by atoms with E-state index >= 15 is 0 Å². The first-order valence-corrected chi connectivity index (χ1v) is 8.65. The van der Waals surface area contributed by atoms with Crippen LogP contribution in [0, 0.1) is 5.92 Å². The number of rotatable bonds is 4. The molecule has 0 saturated carbocycles. The molecule has 3 aliphatic rings. The topological polar surface area (TPSA) is 45.3 Å². The summed E-state index contributed by atoms with van der Waals surface area (Å²) < 4.78 is 4.84. The van der Waals surface area contributed by atoms with Gasteiger partial charge in [0, 0.05) is 35.5 Å². The number of benzene rings is 1. The van der Waals surface area contributed by atoms with Crippen LogP contribution in [0.2, 0.25) is 0 Å². The molecule has 0 amide bonds. The van der Waals surface area contributed by atoms with Crippen molar-refractivity contribution in [1.82, 2.24) is 9.88 Å². The van der Waals surface area contributed by atoms with Crippen LogP contribution in [-0.4, -0.2) is 42.6 Å². The fourth-order valence-corrected chi connectivity index (χ4v) is 4.43. The maximum Gasteiger partial charge on any atom is 0.305 e. The molecular formula is C19H24N2O2. The molecular weight excluding hydrogens is 288 g/mol. The highest BCUT2D eigenvalue weighted by Gasteiger charge is 2.37. The van der Waals surface area contributed by atoms with E-state index < -0.39 is 0 Å². The zero-order valence-electron chi connectivity index (χ0n) is 13.7. The van der Waals surface area contributed by atoms with Gasteiger partial charge in [-0.3, -0.25) is 4.79 Å². The van der Waals surface area contributed by atoms with Crippen LogP contribution in [0.25, 0.3) is 10.9 Å². The second kappa shape index (κ2) is 6.00. The molecule has 0 aliphatic carbocycles. The number of aromatic amines is 1. The van der Waals surface area contributed by atoms with Crippen LogP contribution in [0.3, 0.4) is 0 Å². The molecule has 1 unspecified atom stereocenters. The van der Waals surface area contributed by atoms with E-state index in [4.69, 9.17) is 4.74 Å². The number of para-hydroxylation sites is 1. The lowest BCUT2D eigenvalue weighted by Crippen LogP contribution is -2.46. The molecule has 1 aromatic carbocycles. The molecule has 2 bridgehead atoms. The standard InChI is InChI=1S/C19H24N2O2/c1-23-18(22)7-6-15-14-4-2-3-5-17(14)20-19(15)16-12-21-10-8-13(16)9-11-21/h2-5,13,16,20H,6-12H2,1H3. The Morgan fingerprint density at radius 2 is 2.09 bits per heavy atom. The zero-order valence-corrected chi connectivity index (χ0v) is 13.7. The summed E-state index contributed by atoms with van der Waals surface area (Å²) in [6.07, 6.45) is 3.81. The number of aromatic nitrogens is 1. The third-order valence-corrected chi connectivity index (χ3v) is 5.68. The molecule has 1 N–H and O–H groups in total.